The first kappa shape index (κ1) is 12.8. The highest BCUT2D eigenvalue weighted by Crippen LogP contribution is 2.12. The Morgan fingerprint density at radius 2 is 2.38 bits per heavy atom. The quantitative estimate of drug-likeness (QED) is 0.776. The van der Waals surface area contributed by atoms with Crippen molar-refractivity contribution in [2.75, 3.05) is 0 Å². The highest BCUT2D eigenvalue weighted by Gasteiger charge is 2.13. The van der Waals surface area contributed by atoms with Gasteiger partial charge in [-0.05, 0) is 25.5 Å². The molecule has 1 unspecified atom stereocenters. The summed E-state index contributed by atoms with van der Waals surface area (Å²) in [5.74, 6) is 0.738. The molecule has 4 nitrogen and oxygen atoms in total. The van der Waals surface area contributed by atoms with Crippen molar-refractivity contribution in [1.82, 2.24) is 5.32 Å². The third-order valence-electron chi connectivity index (χ3n) is 2.45. The van der Waals surface area contributed by atoms with Crippen LogP contribution < -0.4 is 11.1 Å². The normalized spacial score (nSPS) is 14.4. The van der Waals surface area contributed by atoms with E-state index < -0.39 is 0 Å². The van der Waals surface area contributed by atoms with Gasteiger partial charge in [-0.25, -0.2) is 0 Å². The number of carbonyl (C=O) groups is 1. The second-order valence-electron chi connectivity index (χ2n) is 4.06. The zero-order valence-corrected chi connectivity index (χ0v) is 9.90. The Kier molecular flexibility index (Phi) is 5.05. The Labute approximate surface area is 96.2 Å². The number of hydrogen-bond donors (Lipinski definition) is 2. The third-order valence-corrected chi connectivity index (χ3v) is 2.45. The molecule has 1 amide bonds. The second kappa shape index (κ2) is 6.33. The summed E-state index contributed by atoms with van der Waals surface area (Å²) in [6, 6.07) is 3.50. The van der Waals surface area contributed by atoms with Gasteiger partial charge < -0.3 is 15.5 Å². The summed E-state index contributed by atoms with van der Waals surface area (Å²) in [4.78, 5) is 11.6. The second-order valence-corrected chi connectivity index (χ2v) is 4.06. The van der Waals surface area contributed by atoms with E-state index in [9.17, 15) is 4.79 Å². The Balaban J connectivity index is 2.34. The molecule has 0 aliphatic carbocycles. The van der Waals surface area contributed by atoms with Gasteiger partial charge in [0.05, 0.1) is 12.3 Å². The van der Waals surface area contributed by atoms with Crippen LogP contribution >= 0.6 is 0 Å². The van der Waals surface area contributed by atoms with Crippen LogP contribution in [-0.2, 0) is 4.79 Å². The maximum Gasteiger partial charge on any atom is 0.222 e. The lowest BCUT2D eigenvalue weighted by molar-refractivity contribution is -0.122. The summed E-state index contributed by atoms with van der Waals surface area (Å²) in [6.07, 6.45) is 3.85. The Morgan fingerprint density at radius 1 is 1.62 bits per heavy atom. The number of nitrogens with one attached hydrogen (secondary N) is 1. The molecule has 90 valence electrons. The van der Waals surface area contributed by atoms with Gasteiger partial charge in [-0.15, -0.1) is 0 Å². The van der Waals surface area contributed by atoms with Crippen molar-refractivity contribution in [2.45, 2.75) is 45.2 Å². The first-order valence-electron chi connectivity index (χ1n) is 5.71. The summed E-state index contributed by atoms with van der Waals surface area (Å²) in [5, 5.41) is 2.86. The van der Waals surface area contributed by atoms with E-state index in [2.05, 4.69) is 12.2 Å². The fraction of sp³-hybridized carbons (Fsp3) is 0.583. The van der Waals surface area contributed by atoms with Crippen molar-refractivity contribution in [1.29, 1.82) is 0 Å². The monoisotopic (exact) mass is 224 g/mol. The van der Waals surface area contributed by atoms with Gasteiger partial charge in [-0.2, -0.15) is 0 Å². The van der Waals surface area contributed by atoms with Gasteiger partial charge in [0.1, 0.15) is 5.76 Å². The lowest BCUT2D eigenvalue weighted by atomic mass is 10.1. The first-order chi connectivity index (χ1) is 7.63. The standard InChI is InChI=1S/C12H20N2O2/c1-3-5-10(13)8-12(15)14-9(2)11-6-4-7-16-11/h4,6-7,9-10H,3,5,8,13H2,1-2H3,(H,14,15)/t9-,10?/m0/s1. The molecule has 1 heterocycles. The average molecular weight is 224 g/mol. The smallest absolute Gasteiger partial charge is 0.222 e. The third kappa shape index (κ3) is 4.06. The molecule has 0 spiro atoms. The van der Waals surface area contributed by atoms with Crippen molar-refractivity contribution in [3.05, 3.63) is 24.2 Å². The SMILES string of the molecule is CCCC(N)CC(=O)N[C@@H](C)c1ccco1. The molecule has 0 radical (unpaired) electrons. The number of rotatable bonds is 6. The Bertz CT molecular complexity index is 309. The molecule has 0 saturated heterocycles. The fourth-order valence-corrected chi connectivity index (χ4v) is 1.62. The van der Waals surface area contributed by atoms with Gasteiger partial charge in [-0.3, -0.25) is 4.79 Å². The topological polar surface area (TPSA) is 68.3 Å². The van der Waals surface area contributed by atoms with E-state index in [-0.39, 0.29) is 18.0 Å². The van der Waals surface area contributed by atoms with E-state index in [1.165, 1.54) is 0 Å². The molecular weight excluding hydrogens is 204 g/mol. The molecule has 0 fully saturated rings. The van der Waals surface area contributed by atoms with Crippen LogP contribution in [0.1, 0.15) is 44.9 Å². The van der Waals surface area contributed by atoms with Crippen molar-refractivity contribution in [3.63, 3.8) is 0 Å². The molecule has 1 aromatic rings. The highest BCUT2D eigenvalue weighted by molar-refractivity contribution is 5.76. The van der Waals surface area contributed by atoms with E-state index in [0.29, 0.717) is 6.42 Å². The molecule has 0 aliphatic heterocycles. The molecule has 2 atom stereocenters. The lowest BCUT2D eigenvalue weighted by Gasteiger charge is -2.14. The molecule has 0 bridgehead atoms. The molecule has 4 heteroatoms. The van der Waals surface area contributed by atoms with E-state index in [0.717, 1.165) is 18.6 Å². The molecule has 1 aromatic heterocycles. The van der Waals surface area contributed by atoms with E-state index in [1.807, 2.05) is 13.0 Å². The van der Waals surface area contributed by atoms with Gasteiger partial charge >= 0.3 is 0 Å². The predicted molar refractivity (Wildman–Crippen MR) is 62.8 cm³/mol. The van der Waals surface area contributed by atoms with E-state index in [1.54, 1.807) is 12.3 Å². The predicted octanol–water partition coefficient (Wildman–Crippen LogP) is 1.97. The van der Waals surface area contributed by atoms with Gasteiger partial charge in [-0.1, -0.05) is 13.3 Å². The minimum absolute atomic E-state index is 0.0233. The summed E-state index contributed by atoms with van der Waals surface area (Å²) in [5.41, 5.74) is 5.80. The number of furan rings is 1. The van der Waals surface area contributed by atoms with Gasteiger partial charge in [0.2, 0.25) is 5.91 Å². The minimum atomic E-state index is -0.101. The highest BCUT2D eigenvalue weighted by atomic mass is 16.3. The van der Waals surface area contributed by atoms with Crippen LogP contribution in [0.3, 0.4) is 0 Å². The lowest BCUT2D eigenvalue weighted by Crippen LogP contribution is -2.33. The van der Waals surface area contributed by atoms with Crippen LogP contribution in [0.15, 0.2) is 22.8 Å². The molecule has 3 N–H and O–H groups in total. The number of amides is 1. The summed E-state index contributed by atoms with van der Waals surface area (Å²) < 4.78 is 5.20. The van der Waals surface area contributed by atoms with Crippen LogP contribution in [0.2, 0.25) is 0 Å². The van der Waals surface area contributed by atoms with Crippen molar-refractivity contribution < 1.29 is 9.21 Å². The van der Waals surface area contributed by atoms with Crippen LogP contribution in [0.5, 0.6) is 0 Å². The number of carbonyl (C=O) groups excluding carboxylic acids is 1. The summed E-state index contributed by atoms with van der Waals surface area (Å²) in [6.45, 7) is 3.95. The van der Waals surface area contributed by atoms with E-state index in [4.69, 9.17) is 10.2 Å². The molecule has 16 heavy (non-hydrogen) atoms. The van der Waals surface area contributed by atoms with E-state index >= 15 is 0 Å². The molecule has 0 saturated carbocycles. The molecule has 1 rings (SSSR count). The first-order valence-corrected chi connectivity index (χ1v) is 5.71. The van der Waals surface area contributed by atoms with Crippen molar-refractivity contribution >= 4 is 5.91 Å². The zero-order valence-electron chi connectivity index (χ0n) is 9.90. The summed E-state index contributed by atoms with van der Waals surface area (Å²) >= 11 is 0. The maximum absolute atomic E-state index is 11.6. The van der Waals surface area contributed by atoms with Gasteiger partial charge in [0, 0.05) is 12.5 Å². The summed E-state index contributed by atoms with van der Waals surface area (Å²) in [7, 11) is 0. The van der Waals surface area contributed by atoms with Crippen LogP contribution in [0, 0.1) is 0 Å². The average Bonchev–Trinajstić information content (AvgIpc) is 2.69. The number of hydrogen-bond acceptors (Lipinski definition) is 3. The van der Waals surface area contributed by atoms with Crippen LogP contribution in [0.25, 0.3) is 0 Å². The Morgan fingerprint density at radius 3 is 2.94 bits per heavy atom. The van der Waals surface area contributed by atoms with Crippen molar-refractivity contribution in [3.8, 4) is 0 Å². The van der Waals surface area contributed by atoms with Crippen LogP contribution in [-0.4, -0.2) is 11.9 Å². The largest absolute Gasteiger partial charge is 0.467 e. The maximum atomic E-state index is 11.6. The minimum Gasteiger partial charge on any atom is -0.467 e. The molecule has 0 aromatic carbocycles. The van der Waals surface area contributed by atoms with Gasteiger partial charge in [0.15, 0.2) is 0 Å². The molecule has 0 aliphatic rings. The van der Waals surface area contributed by atoms with Crippen molar-refractivity contribution in [2.24, 2.45) is 5.73 Å². The zero-order chi connectivity index (χ0) is 12.0. The molecular formula is C12H20N2O2. The van der Waals surface area contributed by atoms with Crippen LogP contribution in [0.4, 0.5) is 0 Å². The Hall–Kier alpha value is -1.29. The number of nitrogens with two attached hydrogens (primary N) is 1. The van der Waals surface area contributed by atoms with Gasteiger partial charge in [0.25, 0.3) is 0 Å². The fourth-order valence-electron chi connectivity index (χ4n) is 1.62.